The molecule has 0 rings (SSSR count). The van der Waals surface area contributed by atoms with E-state index in [2.05, 4.69) is 118 Å². The van der Waals surface area contributed by atoms with Crippen LogP contribution in [-0.4, -0.2) is 30.7 Å². The van der Waals surface area contributed by atoms with E-state index in [1.54, 1.807) is 0 Å². The second-order valence-corrected chi connectivity index (χ2v) is 19.5. The number of hydrogen-bond acceptors (Lipinski definition) is 2. The summed E-state index contributed by atoms with van der Waals surface area (Å²) in [6.45, 7) is 5.25. The quantitative estimate of drug-likeness (QED) is 0.118. The van der Waals surface area contributed by atoms with Gasteiger partial charge in [-0.1, -0.05) is 35.6 Å². The third-order valence-electron chi connectivity index (χ3n) is 0.609. The van der Waals surface area contributed by atoms with Crippen molar-refractivity contribution in [1.29, 1.82) is 0 Å². The molecule has 0 aromatic rings. The molecule has 0 spiro atoms. The van der Waals surface area contributed by atoms with Gasteiger partial charge in [0, 0.05) is 42.5 Å². The van der Waals surface area contributed by atoms with E-state index in [1.807, 2.05) is 0 Å². The molecule has 17 heavy (non-hydrogen) atoms. The van der Waals surface area contributed by atoms with Crippen molar-refractivity contribution in [3.05, 3.63) is 0 Å². The molecule has 0 aromatic carbocycles. The van der Waals surface area contributed by atoms with Gasteiger partial charge in [0.1, 0.15) is 6.71 Å². The zero-order chi connectivity index (χ0) is 13.1. The van der Waals surface area contributed by atoms with Gasteiger partial charge in [-0.15, -0.1) is 33.2 Å². The van der Waals surface area contributed by atoms with Crippen molar-refractivity contribution in [3.8, 4) is 0 Å². The first-order valence-electron chi connectivity index (χ1n) is 3.49. The second-order valence-electron chi connectivity index (χ2n) is 2.11. The number of halogens is 7. The fourth-order valence-electron chi connectivity index (χ4n) is 0.0282. The van der Waals surface area contributed by atoms with Crippen LogP contribution in [0.2, 0.25) is 13.6 Å². The Bertz CT molecular complexity index is 84.0. The molecule has 0 aromatic heterocycles. The SMILES string of the molecule is CB(C)CP.I.II.I[I-]I.OO[B]CBr.P. The van der Waals surface area contributed by atoms with Gasteiger partial charge >= 0.3 is 58.0 Å². The summed E-state index contributed by atoms with van der Waals surface area (Å²) in [6, 6.07) is 1.22. The van der Waals surface area contributed by atoms with E-state index in [0.717, 1.165) is 6.71 Å². The van der Waals surface area contributed by atoms with Crippen molar-refractivity contribution < 1.29 is 23.3 Å². The largest absolute Gasteiger partial charge is 0.355 e. The molecule has 0 aliphatic carbocycles. The van der Waals surface area contributed by atoms with Crippen molar-refractivity contribution in [2.75, 3.05) is 11.3 Å². The van der Waals surface area contributed by atoms with E-state index in [4.69, 9.17) is 5.26 Å². The van der Waals surface area contributed by atoms with Gasteiger partial charge in [-0.2, -0.15) is 9.90 Å². The Kier molecular flexibility index (Phi) is 112. The Balaban J connectivity index is -0.0000000241. The fraction of sp³-hybridized carbons (Fsp3) is 1.00. The molecular formula is C4H17B2BrI6O2P2-. The number of hydrogen-bond donors (Lipinski definition) is 1. The summed E-state index contributed by atoms with van der Waals surface area (Å²) in [7, 11) is 3.92. The van der Waals surface area contributed by atoms with Crippen LogP contribution in [0.3, 0.4) is 0 Å². The maximum atomic E-state index is 7.48. The molecule has 0 amide bonds. The van der Waals surface area contributed by atoms with Crippen LogP contribution in [0.15, 0.2) is 0 Å². The van der Waals surface area contributed by atoms with E-state index in [-0.39, 0.29) is 33.9 Å². The van der Waals surface area contributed by atoms with Gasteiger partial charge in [0.2, 0.25) is 0 Å². The maximum Gasteiger partial charge on any atom is 0.355 e. The summed E-state index contributed by atoms with van der Waals surface area (Å²) < 4.78 is 0. The predicted octanol–water partition coefficient (Wildman–Crippen LogP) is 2.83. The average Bonchev–Trinajstić information content (AvgIpc) is 2.24. The number of alkyl halides is 1. The van der Waals surface area contributed by atoms with Gasteiger partial charge in [-0.05, 0) is 0 Å². The van der Waals surface area contributed by atoms with Crippen LogP contribution in [0, 0.1) is 0 Å². The molecule has 1 N–H and O–H groups in total. The van der Waals surface area contributed by atoms with Crippen LogP contribution < -0.4 is 13.3 Å². The Morgan fingerprint density at radius 3 is 1.65 bits per heavy atom. The van der Waals surface area contributed by atoms with Crippen LogP contribution >= 0.6 is 134 Å². The van der Waals surface area contributed by atoms with E-state index in [9.17, 15) is 0 Å². The van der Waals surface area contributed by atoms with Gasteiger partial charge in [0.05, 0.1) is 0 Å². The Hall–Kier alpha value is 5.77. The van der Waals surface area contributed by atoms with Crippen LogP contribution in [0.5, 0.6) is 0 Å². The third kappa shape index (κ3) is 89.1. The molecule has 0 heterocycles. The van der Waals surface area contributed by atoms with E-state index in [0.29, 0.717) is 18.5 Å². The standard InChI is InChI=1S/C3H10BP.CH3BBrO2.I3.I2.HI.H3P/c1-4(2)3-5;3-1-2-5-4;1-3-2;1-2;;/h3,5H2,1-2H3;4H,1H2;;;1H;1H3/q;;-1;;;. The second kappa shape index (κ2) is 49.5. The average molecular weight is 1020 g/mol. The normalized spacial score (nSPS) is 6.18. The summed E-state index contributed by atoms with van der Waals surface area (Å²) in [5.41, 5.74) is 0. The zero-order valence-electron chi connectivity index (χ0n) is 9.38. The molecule has 0 aliphatic rings. The first kappa shape index (κ1) is 38.4. The van der Waals surface area contributed by atoms with Crippen molar-refractivity contribution >= 4 is 148 Å². The van der Waals surface area contributed by atoms with E-state index < -0.39 is 0 Å². The van der Waals surface area contributed by atoms with Gasteiger partial charge in [-0.25, -0.2) is 0 Å². The van der Waals surface area contributed by atoms with E-state index in [1.165, 1.54) is 13.5 Å². The molecule has 0 bridgehead atoms. The molecule has 2 nitrogen and oxygen atoms in total. The molecule has 0 aliphatic heterocycles. The van der Waals surface area contributed by atoms with E-state index >= 15 is 0 Å². The first-order chi connectivity index (χ1) is 7.10. The van der Waals surface area contributed by atoms with Crippen LogP contribution in [0.1, 0.15) is 0 Å². The molecule has 111 valence electrons. The maximum absolute atomic E-state index is 7.48. The minimum Gasteiger partial charge on any atom is -0.313 e. The molecule has 0 saturated carbocycles. The first-order valence-corrected chi connectivity index (χ1v) is 24.3. The summed E-state index contributed by atoms with van der Waals surface area (Å²) in [5, 5.41) is 8.04. The fourth-order valence-corrected chi connectivity index (χ4v) is 0.146. The van der Waals surface area contributed by atoms with Crippen LogP contribution in [0.4, 0.5) is 0 Å². The minimum atomic E-state index is 0. The molecule has 13 heteroatoms. The van der Waals surface area contributed by atoms with Crippen molar-refractivity contribution in [2.45, 2.75) is 13.6 Å². The summed E-state index contributed by atoms with van der Waals surface area (Å²) in [6.07, 6.45) is 0. The molecule has 2 atom stereocenters. The number of rotatable bonds is 3. The Morgan fingerprint density at radius 2 is 1.65 bits per heavy atom. The summed E-state index contributed by atoms with van der Waals surface area (Å²) in [5.74, 6) is 0. The van der Waals surface area contributed by atoms with Gasteiger partial charge in [0.15, 0.2) is 0 Å². The topological polar surface area (TPSA) is 29.5 Å². The van der Waals surface area contributed by atoms with Gasteiger partial charge < -0.3 is 4.81 Å². The van der Waals surface area contributed by atoms with Crippen LogP contribution in [-0.2, 0) is 4.81 Å². The molecule has 0 fully saturated rings. The minimum absolute atomic E-state index is 0. The monoisotopic (exact) mass is 1020 g/mol. The van der Waals surface area contributed by atoms with Crippen LogP contribution in [0.25, 0.3) is 0 Å². The molecular weight excluding hydrogens is 1000 g/mol. The summed E-state index contributed by atoms with van der Waals surface area (Å²) in [4.78, 5) is 3.52. The summed E-state index contributed by atoms with van der Waals surface area (Å²) >= 11 is 12.5. The van der Waals surface area contributed by atoms with Crippen molar-refractivity contribution in [3.63, 3.8) is 0 Å². The Morgan fingerprint density at radius 1 is 1.41 bits per heavy atom. The van der Waals surface area contributed by atoms with Crippen molar-refractivity contribution in [2.24, 2.45) is 0 Å². The molecule has 2 unspecified atom stereocenters. The molecule has 1 radical (unpaired) electrons. The van der Waals surface area contributed by atoms with Crippen molar-refractivity contribution in [1.82, 2.24) is 0 Å². The molecule has 0 saturated heterocycles. The van der Waals surface area contributed by atoms with Gasteiger partial charge in [0.25, 0.3) is 0 Å². The third-order valence-corrected chi connectivity index (χ3v) is 1.82. The predicted molar refractivity (Wildman–Crippen MR) is 138 cm³/mol. The Labute approximate surface area is 191 Å². The van der Waals surface area contributed by atoms with Gasteiger partial charge in [-0.3, -0.25) is 5.26 Å². The smallest absolute Gasteiger partial charge is 0.313 e. The zero-order valence-corrected chi connectivity index (χ0v) is 26.7.